The largest absolute Gasteiger partial charge is 0.345 e. The topological polar surface area (TPSA) is 57.7 Å². The van der Waals surface area contributed by atoms with Gasteiger partial charge in [-0.05, 0) is 43.4 Å². The Bertz CT molecular complexity index is 699. The highest BCUT2D eigenvalue weighted by atomic mass is 32.2. The van der Waals surface area contributed by atoms with Gasteiger partial charge in [-0.2, -0.15) is 4.31 Å². The third-order valence-corrected chi connectivity index (χ3v) is 7.10. The summed E-state index contributed by atoms with van der Waals surface area (Å²) in [5, 5.41) is 0. The van der Waals surface area contributed by atoms with E-state index in [1.165, 1.54) is 4.31 Å². The highest BCUT2D eigenvalue weighted by Crippen LogP contribution is 2.41. The summed E-state index contributed by atoms with van der Waals surface area (Å²) in [6.07, 6.45) is 3.24. The Morgan fingerprint density at radius 2 is 1.83 bits per heavy atom. The zero-order valence-electron chi connectivity index (χ0n) is 13.8. The standard InChI is InChI=1S/C17H24N2O3S/c1-3-14-5-7-15(8-6-14)23(21,22)19-12-10-17(13-19)9-4-11-18(2)16(17)20/h5-8H,3-4,9-13H2,1-2H3. The van der Waals surface area contributed by atoms with Crippen LogP contribution in [-0.4, -0.2) is 50.2 Å². The molecule has 2 aliphatic rings. The lowest BCUT2D eigenvalue weighted by Gasteiger charge is -2.37. The number of hydrogen-bond acceptors (Lipinski definition) is 3. The number of carbonyl (C=O) groups is 1. The summed E-state index contributed by atoms with van der Waals surface area (Å²) in [7, 11) is -1.71. The SMILES string of the molecule is CCc1ccc(S(=O)(=O)N2CCC3(CCCN(C)C3=O)C2)cc1. The fourth-order valence-electron chi connectivity index (χ4n) is 3.73. The molecule has 1 aromatic rings. The molecular weight excluding hydrogens is 312 g/mol. The number of aryl methyl sites for hydroxylation is 1. The first-order valence-corrected chi connectivity index (χ1v) is 9.68. The Morgan fingerprint density at radius 1 is 1.13 bits per heavy atom. The van der Waals surface area contributed by atoms with Crippen LogP contribution >= 0.6 is 0 Å². The van der Waals surface area contributed by atoms with E-state index in [2.05, 4.69) is 0 Å². The summed E-state index contributed by atoms with van der Waals surface area (Å²) in [5.74, 6) is 0.0998. The van der Waals surface area contributed by atoms with Crippen molar-refractivity contribution in [3.8, 4) is 0 Å². The van der Waals surface area contributed by atoms with Gasteiger partial charge in [-0.3, -0.25) is 4.79 Å². The van der Waals surface area contributed by atoms with Crippen molar-refractivity contribution in [2.24, 2.45) is 5.41 Å². The average molecular weight is 336 g/mol. The first kappa shape index (κ1) is 16.5. The predicted molar refractivity (Wildman–Crippen MR) is 88.5 cm³/mol. The smallest absolute Gasteiger partial charge is 0.243 e. The van der Waals surface area contributed by atoms with Crippen LogP contribution in [0.2, 0.25) is 0 Å². The van der Waals surface area contributed by atoms with E-state index in [4.69, 9.17) is 0 Å². The van der Waals surface area contributed by atoms with Crippen molar-refractivity contribution in [2.75, 3.05) is 26.7 Å². The van der Waals surface area contributed by atoms with Crippen LogP contribution in [0.15, 0.2) is 29.2 Å². The Hall–Kier alpha value is -1.40. The molecule has 1 aromatic carbocycles. The van der Waals surface area contributed by atoms with Gasteiger partial charge in [-0.15, -0.1) is 0 Å². The van der Waals surface area contributed by atoms with Crippen molar-refractivity contribution in [3.05, 3.63) is 29.8 Å². The van der Waals surface area contributed by atoms with Crippen LogP contribution in [0.4, 0.5) is 0 Å². The Morgan fingerprint density at radius 3 is 2.48 bits per heavy atom. The maximum atomic E-state index is 12.8. The summed E-state index contributed by atoms with van der Waals surface area (Å²) in [6.45, 7) is 3.55. The van der Waals surface area contributed by atoms with Crippen LogP contribution in [-0.2, 0) is 21.2 Å². The number of piperidine rings is 1. The first-order chi connectivity index (χ1) is 10.9. The zero-order valence-corrected chi connectivity index (χ0v) is 14.6. The van der Waals surface area contributed by atoms with Crippen molar-refractivity contribution in [3.63, 3.8) is 0 Å². The van der Waals surface area contributed by atoms with Gasteiger partial charge in [0, 0.05) is 26.7 Å². The third-order valence-electron chi connectivity index (χ3n) is 5.24. The van der Waals surface area contributed by atoms with Gasteiger partial charge in [0.15, 0.2) is 0 Å². The van der Waals surface area contributed by atoms with E-state index >= 15 is 0 Å². The molecule has 23 heavy (non-hydrogen) atoms. The fraction of sp³-hybridized carbons (Fsp3) is 0.588. The summed E-state index contributed by atoms with van der Waals surface area (Å²) in [6, 6.07) is 7.07. The lowest BCUT2D eigenvalue weighted by molar-refractivity contribution is -0.143. The quantitative estimate of drug-likeness (QED) is 0.847. The van der Waals surface area contributed by atoms with Crippen LogP contribution in [0.1, 0.15) is 31.7 Å². The van der Waals surface area contributed by atoms with Crippen LogP contribution in [0, 0.1) is 5.41 Å². The molecule has 0 N–H and O–H groups in total. The van der Waals surface area contributed by atoms with E-state index in [0.29, 0.717) is 24.4 Å². The van der Waals surface area contributed by atoms with Gasteiger partial charge in [0.1, 0.15) is 0 Å². The fourth-order valence-corrected chi connectivity index (χ4v) is 5.26. The van der Waals surface area contributed by atoms with Gasteiger partial charge in [0.2, 0.25) is 15.9 Å². The molecule has 6 heteroatoms. The minimum atomic E-state index is -3.52. The van der Waals surface area contributed by atoms with Crippen LogP contribution in [0.25, 0.3) is 0 Å². The van der Waals surface area contributed by atoms with E-state index < -0.39 is 15.4 Å². The lowest BCUT2D eigenvalue weighted by Crippen LogP contribution is -2.48. The van der Waals surface area contributed by atoms with E-state index in [1.807, 2.05) is 26.1 Å². The number of sulfonamides is 1. The second kappa shape index (κ2) is 5.91. The molecule has 3 rings (SSSR count). The summed E-state index contributed by atoms with van der Waals surface area (Å²) < 4.78 is 27.2. The van der Waals surface area contributed by atoms with Gasteiger partial charge >= 0.3 is 0 Å². The molecule has 2 fully saturated rings. The Labute approximate surface area is 138 Å². The van der Waals surface area contributed by atoms with Crippen molar-refractivity contribution < 1.29 is 13.2 Å². The lowest BCUT2D eigenvalue weighted by atomic mass is 9.78. The van der Waals surface area contributed by atoms with Gasteiger partial charge in [0.05, 0.1) is 10.3 Å². The Kier molecular flexibility index (Phi) is 4.23. The average Bonchev–Trinajstić information content (AvgIpc) is 2.99. The molecule has 5 nitrogen and oxygen atoms in total. The molecule has 2 saturated heterocycles. The number of carbonyl (C=O) groups excluding carboxylic acids is 1. The van der Waals surface area contributed by atoms with Crippen LogP contribution in [0.5, 0.6) is 0 Å². The zero-order chi connectivity index (χ0) is 16.7. The van der Waals surface area contributed by atoms with Crippen molar-refractivity contribution in [1.82, 2.24) is 9.21 Å². The molecule has 0 aromatic heterocycles. The van der Waals surface area contributed by atoms with Gasteiger partial charge in [-0.25, -0.2) is 8.42 Å². The number of hydrogen-bond donors (Lipinski definition) is 0. The molecule has 1 amide bonds. The summed E-state index contributed by atoms with van der Waals surface area (Å²) in [4.78, 5) is 14.6. The molecule has 1 spiro atoms. The number of likely N-dealkylation sites (tertiary alicyclic amines) is 1. The highest BCUT2D eigenvalue weighted by molar-refractivity contribution is 7.89. The third kappa shape index (κ3) is 2.78. The molecule has 0 bridgehead atoms. The Balaban J connectivity index is 1.83. The number of nitrogens with zero attached hydrogens (tertiary/aromatic N) is 2. The van der Waals surface area contributed by atoms with Crippen molar-refractivity contribution in [2.45, 2.75) is 37.5 Å². The molecule has 0 radical (unpaired) electrons. The number of benzene rings is 1. The molecule has 1 unspecified atom stereocenters. The second-order valence-corrected chi connectivity index (χ2v) is 8.63. The minimum absolute atomic E-state index is 0.0998. The van der Waals surface area contributed by atoms with E-state index in [9.17, 15) is 13.2 Å². The maximum Gasteiger partial charge on any atom is 0.243 e. The molecule has 2 heterocycles. The van der Waals surface area contributed by atoms with Crippen molar-refractivity contribution in [1.29, 1.82) is 0 Å². The molecule has 0 saturated carbocycles. The van der Waals surface area contributed by atoms with Crippen LogP contribution in [0.3, 0.4) is 0 Å². The summed E-state index contributed by atoms with van der Waals surface area (Å²) in [5.41, 5.74) is 0.606. The highest BCUT2D eigenvalue weighted by Gasteiger charge is 2.50. The molecule has 0 aliphatic carbocycles. The van der Waals surface area contributed by atoms with Gasteiger partial charge in [0.25, 0.3) is 0 Å². The second-order valence-electron chi connectivity index (χ2n) is 6.70. The normalized spacial score (nSPS) is 26.2. The monoisotopic (exact) mass is 336 g/mol. The number of rotatable bonds is 3. The van der Waals surface area contributed by atoms with Gasteiger partial charge in [-0.1, -0.05) is 19.1 Å². The summed E-state index contributed by atoms with van der Waals surface area (Å²) >= 11 is 0. The van der Waals surface area contributed by atoms with Gasteiger partial charge < -0.3 is 4.90 Å². The molecular formula is C17H24N2O3S. The van der Waals surface area contributed by atoms with Crippen molar-refractivity contribution >= 4 is 15.9 Å². The van der Waals surface area contributed by atoms with E-state index in [-0.39, 0.29) is 5.91 Å². The predicted octanol–water partition coefficient (Wildman–Crippen LogP) is 1.88. The van der Waals surface area contributed by atoms with E-state index in [1.54, 1.807) is 17.0 Å². The molecule has 126 valence electrons. The van der Waals surface area contributed by atoms with Crippen LogP contribution < -0.4 is 0 Å². The first-order valence-electron chi connectivity index (χ1n) is 8.24. The van der Waals surface area contributed by atoms with E-state index in [0.717, 1.165) is 31.4 Å². The number of amides is 1. The minimum Gasteiger partial charge on any atom is -0.345 e. The maximum absolute atomic E-state index is 12.8. The molecule has 1 atom stereocenters. The molecule has 2 aliphatic heterocycles.